The Bertz CT molecular complexity index is 664. The van der Waals surface area contributed by atoms with Crippen LogP contribution in [-0.2, 0) is 4.79 Å². The molecule has 21 heavy (non-hydrogen) atoms. The van der Waals surface area contributed by atoms with Crippen LogP contribution in [0, 0.1) is 0 Å². The number of anilines is 1. The standard InChI is InChI=1S/C13H10ClN3O3S/c14-8-1-3-9(4-2-8)21-7-10(18)17-12-11(13(19)20)15-5-6-16-12/h1-6H,7H2,(H,19,20)(H,16,17,18). The van der Waals surface area contributed by atoms with Gasteiger partial charge >= 0.3 is 5.97 Å². The maximum absolute atomic E-state index is 11.8. The minimum absolute atomic E-state index is 0.0632. The molecule has 0 unspecified atom stereocenters. The van der Waals surface area contributed by atoms with E-state index >= 15 is 0 Å². The van der Waals surface area contributed by atoms with Gasteiger partial charge in [0, 0.05) is 22.3 Å². The molecule has 2 aromatic rings. The number of hydrogen-bond donors (Lipinski definition) is 2. The molecular weight excluding hydrogens is 314 g/mol. The summed E-state index contributed by atoms with van der Waals surface area (Å²) in [6.45, 7) is 0. The lowest BCUT2D eigenvalue weighted by molar-refractivity contribution is -0.113. The number of carboxylic acids is 1. The molecule has 1 heterocycles. The molecule has 108 valence electrons. The second-order valence-corrected chi connectivity index (χ2v) is 5.33. The zero-order valence-corrected chi connectivity index (χ0v) is 12.2. The van der Waals surface area contributed by atoms with Crippen LogP contribution in [0.1, 0.15) is 10.5 Å². The van der Waals surface area contributed by atoms with Gasteiger partial charge in [-0.05, 0) is 24.3 Å². The second kappa shape index (κ2) is 7.05. The molecule has 0 fully saturated rings. The SMILES string of the molecule is O=C(CSc1ccc(Cl)cc1)Nc1nccnc1C(=O)O. The molecular formula is C13H10ClN3O3S. The first-order valence-corrected chi connectivity index (χ1v) is 7.15. The van der Waals surface area contributed by atoms with E-state index < -0.39 is 5.97 Å². The van der Waals surface area contributed by atoms with Crippen LogP contribution in [-0.4, -0.2) is 32.7 Å². The van der Waals surface area contributed by atoms with Crippen LogP contribution in [0.15, 0.2) is 41.6 Å². The average Bonchev–Trinajstić information content (AvgIpc) is 2.47. The van der Waals surface area contributed by atoms with Crippen LogP contribution in [0.4, 0.5) is 5.82 Å². The number of carbonyl (C=O) groups excluding carboxylic acids is 1. The molecule has 0 radical (unpaired) electrons. The minimum Gasteiger partial charge on any atom is -0.476 e. The Balaban J connectivity index is 1.96. The Labute approximate surface area is 129 Å². The number of benzene rings is 1. The van der Waals surface area contributed by atoms with Crippen molar-refractivity contribution in [1.29, 1.82) is 0 Å². The van der Waals surface area contributed by atoms with Crippen molar-refractivity contribution in [1.82, 2.24) is 9.97 Å². The number of carboxylic acid groups (broad SMARTS) is 1. The Morgan fingerprint density at radius 2 is 1.86 bits per heavy atom. The number of carbonyl (C=O) groups is 2. The number of nitrogens with zero attached hydrogens (tertiary/aromatic N) is 2. The van der Waals surface area contributed by atoms with Gasteiger partial charge < -0.3 is 10.4 Å². The van der Waals surface area contributed by atoms with Crippen LogP contribution in [0.5, 0.6) is 0 Å². The number of aromatic carboxylic acids is 1. The molecule has 0 aliphatic heterocycles. The molecule has 6 nitrogen and oxygen atoms in total. The molecule has 1 aromatic heterocycles. The highest BCUT2D eigenvalue weighted by Gasteiger charge is 2.14. The van der Waals surface area contributed by atoms with Gasteiger partial charge in [-0.3, -0.25) is 4.79 Å². The van der Waals surface area contributed by atoms with E-state index in [2.05, 4.69) is 15.3 Å². The first-order chi connectivity index (χ1) is 10.1. The summed E-state index contributed by atoms with van der Waals surface area (Å²) >= 11 is 7.07. The molecule has 0 bridgehead atoms. The fourth-order valence-corrected chi connectivity index (χ4v) is 2.26. The van der Waals surface area contributed by atoms with Crippen molar-refractivity contribution in [2.45, 2.75) is 4.90 Å². The summed E-state index contributed by atoms with van der Waals surface area (Å²) in [6.07, 6.45) is 2.57. The van der Waals surface area contributed by atoms with Gasteiger partial charge in [0.15, 0.2) is 11.5 Å². The van der Waals surface area contributed by atoms with Crippen molar-refractivity contribution in [2.75, 3.05) is 11.1 Å². The number of nitrogens with one attached hydrogen (secondary N) is 1. The number of aromatic nitrogens is 2. The van der Waals surface area contributed by atoms with Crippen molar-refractivity contribution in [3.63, 3.8) is 0 Å². The summed E-state index contributed by atoms with van der Waals surface area (Å²) in [5, 5.41) is 12.0. The zero-order valence-electron chi connectivity index (χ0n) is 10.6. The Hall–Kier alpha value is -2.12. The summed E-state index contributed by atoms with van der Waals surface area (Å²) in [5.41, 5.74) is -0.289. The van der Waals surface area contributed by atoms with E-state index in [-0.39, 0.29) is 23.2 Å². The highest BCUT2D eigenvalue weighted by Crippen LogP contribution is 2.20. The Morgan fingerprint density at radius 1 is 1.19 bits per heavy atom. The van der Waals surface area contributed by atoms with E-state index in [1.807, 2.05) is 0 Å². The lowest BCUT2D eigenvalue weighted by atomic mass is 10.4. The molecule has 1 aromatic carbocycles. The first kappa shape index (κ1) is 15.3. The fraction of sp³-hybridized carbons (Fsp3) is 0.0769. The largest absolute Gasteiger partial charge is 0.476 e. The highest BCUT2D eigenvalue weighted by molar-refractivity contribution is 8.00. The predicted molar refractivity (Wildman–Crippen MR) is 79.8 cm³/mol. The van der Waals surface area contributed by atoms with Gasteiger partial charge in [0.2, 0.25) is 5.91 Å². The van der Waals surface area contributed by atoms with Crippen molar-refractivity contribution >= 4 is 41.1 Å². The molecule has 0 spiro atoms. The van der Waals surface area contributed by atoms with E-state index in [4.69, 9.17) is 16.7 Å². The summed E-state index contributed by atoms with van der Waals surface area (Å²) in [6, 6.07) is 7.05. The monoisotopic (exact) mass is 323 g/mol. The van der Waals surface area contributed by atoms with Crippen LogP contribution in [0.3, 0.4) is 0 Å². The number of halogens is 1. The number of rotatable bonds is 5. The van der Waals surface area contributed by atoms with E-state index in [0.29, 0.717) is 5.02 Å². The molecule has 0 saturated heterocycles. The van der Waals surface area contributed by atoms with E-state index in [9.17, 15) is 9.59 Å². The lowest BCUT2D eigenvalue weighted by Crippen LogP contribution is -2.18. The summed E-state index contributed by atoms with van der Waals surface area (Å²) < 4.78 is 0. The first-order valence-electron chi connectivity index (χ1n) is 5.79. The van der Waals surface area contributed by atoms with Gasteiger partial charge in [0.1, 0.15) is 0 Å². The Morgan fingerprint density at radius 3 is 2.52 bits per heavy atom. The third-order valence-electron chi connectivity index (χ3n) is 2.34. The van der Waals surface area contributed by atoms with E-state index in [1.54, 1.807) is 24.3 Å². The van der Waals surface area contributed by atoms with Crippen molar-refractivity contribution in [2.24, 2.45) is 0 Å². The second-order valence-electron chi connectivity index (χ2n) is 3.85. The number of amides is 1. The van der Waals surface area contributed by atoms with Gasteiger partial charge in [-0.25, -0.2) is 14.8 Å². The molecule has 2 rings (SSSR count). The molecule has 0 aliphatic carbocycles. The third kappa shape index (κ3) is 4.44. The smallest absolute Gasteiger partial charge is 0.358 e. The van der Waals surface area contributed by atoms with Gasteiger partial charge in [0.05, 0.1) is 5.75 Å². The molecule has 0 atom stereocenters. The topological polar surface area (TPSA) is 92.2 Å². The molecule has 1 amide bonds. The van der Waals surface area contributed by atoms with Crippen molar-refractivity contribution in [3.8, 4) is 0 Å². The lowest BCUT2D eigenvalue weighted by Gasteiger charge is -2.06. The maximum Gasteiger partial charge on any atom is 0.358 e. The van der Waals surface area contributed by atoms with Crippen LogP contribution >= 0.6 is 23.4 Å². The Kier molecular flexibility index (Phi) is 5.13. The average molecular weight is 324 g/mol. The quantitative estimate of drug-likeness (QED) is 0.822. The van der Waals surface area contributed by atoms with Gasteiger partial charge in [-0.1, -0.05) is 11.6 Å². The number of thioether (sulfide) groups is 1. The highest BCUT2D eigenvalue weighted by atomic mass is 35.5. The minimum atomic E-state index is -1.25. The van der Waals surface area contributed by atoms with E-state index in [1.165, 1.54) is 24.2 Å². The maximum atomic E-state index is 11.8. The van der Waals surface area contributed by atoms with Crippen molar-refractivity contribution in [3.05, 3.63) is 47.4 Å². The predicted octanol–water partition coefficient (Wildman–Crippen LogP) is 2.56. The van der Waals surface area contributed by atoms with Crippen molar-refractivity contribution < 1.29 is 14.7 Å². The summed E-state index contributed by atoms with van der Waals surface area (Å²) in [7, 11) is 0. The van der Waals surface area contributed by atoms with Crippen LogP contribution in [0.25, 0.3) is 0 Å². The van der Waals surface area contributed by atoms with Gasteiger partial charge in [-0.2, -0.15) is 0 Å². The summed E-state index contributed by atoms with van der Waals surface area (Å²) in [5.74, 6) is -1.55. The van der Waals surface area contributed by atoms with Crippen LogP contribution in [0.2, 0.25) is 5.02 Å². The van der Waals surface area contributed by atoms with Gasteiger partial charge in [-0.15, -0.1) is 11.8 Å². The van der Waals surface area contributed by atoms with E-state index in [0.717, 1.165) is 4.90 Å². The van der Waals surface area contributed by atoms with Gasteiger partial charge in [0.25, 0.3) is 0 Å². The zero-order chi connectivity index (χ0) is 15.2. The normalized spacial score (nSPS) is 10.1. The molecule has 2 N–H and O–H groups in total. The third-order valence-corrected chi connectivity index (χ3v) is 3.61. The fourth-order valence-electron chi connectivity index (χ4n) is 1.43. The van der Waals surface area contributed by atoms with Crippen LogP contribution < -0.4 is 5.32 Å². The molecule has 8 heteroatoms. The number of hydrogen-bond acceptors (Lipinski definition) is 5. The molecule has 0 aliphatic rings. The molecule has 0 saturated carbocycles. The summed E-state index contributed by atoms with van der Waals surface area (Å²) in [4.78, 5) is 31.1.